The quantitative estimate of drug-likeness (QED) is 0.613. The maximum Gasteiger partial charge on any atom is 0.249 e. The molecule has 1 saturated heterocycles. The van der Waals surface area contributed by atoms with Crippen LogP contribution in [-0.2, 0) is 36.9 Å². The summed E-state index contributed by atoms with van der Waals surface area (Å²) >= 11 is 0. The second kappa shape index (κ2) is 7.18. The van der Waals surface area contributed by atoms with E-state index in [1.54, 1.807) is 0 Å². The van der Waals surface area contributed by atoms with Gasteiger partial charge in [0.05, 0.1) is 15.0 Å². The molecule has 0 aliphatic carbocycles. The highest BCUT2D eigenvalue weighted by Gasteiger charge is 2.37. The van der Waals surface area contributed by atoms with E-state index in [0.717, 1.165) is 24.3 Å². The van der Waals surface area contributed by atoms with Gasteiger partial charge in [0, 0.05) is 20.1 Å². The van der Waals surface area contributed by atoms with Gasteiger partial charge in [0.1, 0.15) is 6.33 Å². The fourth-order valence-corrected chi connectivity index (χ4v) is 6.74. The minimum atomic E-state index is -3.93. The zero-order chi connectivity index (χ0) is 20.7. The summed E-state index contributed by atoms with van der Waals surface area (Å²) in [6.45, 7) is 0.0298. The van der Waals surface area contributed by atoms with Crippen molar-refractivity contribution in [2.45, 2.75) is 33.0 Å². The minimum absolute atomic E-state index is 0.0149. The molecule has 28 heavy (non-hydrogen) atoms. The van der Waals surface area contributed by atoms with Gasteiger partial charge in [-0.05, 0) is 37.1 Å². The molecule has 0 atom stereocenters. The maximum absolute atomic E-state index is 12.8. The van der Waals surface area contributed by atoms with Crippen LogP contribution in [0.25, 0.3) is 0 Å². The summed E-state index contributed by atoms with van der Waals surface area (Å²) in [5.41, 5.74) is 0. The molecule has 0 saturated carbocycles. The topological polar surface area (TPSA) is 162 Å². The Morgan fingerprint density at radius 1 is 0.964 bits per heavy atom. The largest absolute Gasteiger partial charge is 0.308 e. The maximum atomic E-state index is 12.8. The number of hydrogen-bond acceptors (Lipinski definition) is 8. The van der Waals surface area contributed by atoms with Crippen molar-refractivity contribution < 1.29 is 25.3 Å². The van der Waals surface area contributed by atoms with Crippen LogP contribution in [0.15, 0.2) is 45.5 Å². The number of aryl methyl sites for hydroxylation is 1. The predicted molar refractivity (Wildman–Crippen MR) is 97.8 cm³/mol. The van der Waals surface area contributed by atoms with Crippen LogP contribution in [0.1, 0.15) is 12.8 Å². The van der Waals surface area contributed by atoms with E-state index in [-0.39, 0.29) is 40.9 Å². The number of nitrogens with two attached hydrogens (primary N) is 1. The lowest BCUT2D eigenvalue weighted by atomic mass is 10.2. The normalized spacial score (nSPS) is 17.6. The van der Waals surface area contributed by atoms with Crippen molar-refractivity contribution in [3.63, 3.8) is 0 Å². The van der Waals surface area contributed by atoms with Crippen LogP contribution in [0, 0.1) is 0 Å². The van der Waals surface area contributed by atoms with Crippen LogP contribution in [0.2, 0.25) is 0 Å². The molecule has 1 aliphatic rings. The minimum Gasteiger partial charge on any atom is -0.308 e. The Morgan fingerprint density at radius 2 is 1.50 bits per heavy atom. The average molecular weight is 450 g/mol. The first-order chi connectivity index (χ1) is 12.9. The molecule has 1 aromatic heterocycles. The first kappa shape index (κ1) is 20.9. The lowest BCUT2D eigenvalue weighted by Crippen LogP contribution is -2.42. The highest BCUT2D eigenvalue weighted by Crippen LogP contribution is 2.27. The number of nitrogens with zero attached hydrogens (tertiary/aromatic N) is 4. The average Bonchev–Trinajstić information content (AvgIpc) is 3.08. The molecule has 154 valence electrons. The second-order valence-electron chi connectivity index (χ2n) is 6.39. The molecule has 1 aliphatic heterocycles. The van der Waals surface area contributed by atoms with Gasteiger partial charge >= 0.3 is 0 Å². The summed E-state index contributed by atoms with van der Waals surface area (Å²) < 4.78 is 75.9. The van der Waals surface area contributed by atoms with Crippen molar-refractivity contribution >= 4 is 29.9 Å². The summed E-state index contributed by atoms with van der Waals surface area (Å²) in [6.07, 6.45) is 1.52. The second-order valence-corrected chi connectivity index (χ2v) is 12.0. The number of sulfone groups is 1. The number of benzene rings is 1. The Morgan fingerprint density at radius 3 is 1.96 bits per heavy atom. The number of hydrogen-bond donors (Lipinski definition) is 1. The summed E-state index contributed by atoms with van der Waals surface area (Å²) in [5, 5.41) is 11.3. The molecule has 1 aromatic carbocycles. The van der Waals surface area contributed by atoms with Crippen LogP contribution in [0.5, 0.6) is 0 Å². The molecule has 14 heteroatoms. The Bertz CT molecular complexity index is 1180. The van der Waals surface area contributed by atoms with Gasteiger partial charge in [0.15, 0.2) is 0 Å². The Balaban J connectivity index is 1.76. The van der Waals surface area contributed by atoms with Gasteiger partial charge in [-0.2, -0.15) is 4.31 Å². The van der Waals surface area contributed by atoms with Gasteiger partial charge in [-0.25, -0.2) is 30.4 Å². The fourth-order valence-electron chi connectivity index (χ4n) is 3.01. The molecule has 1 fully saturated rings. The molecule has 2 N–H and O–H groups in total. The lowest BCUT2D eigenvalue weighted by molar-refractivity contribution is 0.344. The molecule has 0 radical (unpaired) electrons. The van der Waals surface area contributed by atoms with Gasteiger partial charge in [-0.3, -0.25) is 0 Å². The predicted octanol–water partition coefficient (Wildman–Crippen LogP) is -0.910. The lowest BCUT2D eigenvalue weighted by Gasteiger charge is -2.30. The fraction of sp³-hybridized carbons (Fsp3) is 0.429. The Labute approximate surface area is 163 Å². The van der Waals surface area contributed by atoms with E-state index in [9.17, 15) is 25.3 Å². The van der Waals surface area contributed by atoms with Crippen molar-refractivity contribution in [1.29, 1.82) is 0 Å². The highest BCUT2D eigenvalue weighted by atomic mass is 32.2. The van der Waals surface area contributed by atoms with Gasteiger partial charge in [0.25, 0.3) is 0 Å². The van der Waals surface area contributed by atoms with Crippen LogP contribution in [-0.4, -0.2) is 62.7 Å². The summed E-state index contributed by atoms with van der Waals surface area (Å²) in [6, 6.07) is 4.57. The van der Waals surface area contributed by atoms with E-state index < -0.39 is 35.1 Å². The molecule has 11 nitrogen and oxygen atoms in total. The number of aromatic nitrogens is 3. The number of rotatable bonds is 5. The van der Waals surface area contributed by atoms with E-state index in [2.05, 4.69) is 10.2 Å². The van der Waals surface area contributed by atoms with Crippen LogP contribution >= 0.6 is 0 Å². The third-order valence-electron chi connectivity index (χ3n) is 4.55. The first-order valence-electron chi connectivity index (χ1n) is 8.15. The van der Waals surface area contributed by atoms with Gasteiger partial charge in [0.2, 0.25) is 35.0 Å². The van der Waals surface area contributed by atoms with Crippen molar-refractivity contribution in [1.82, 2.24) is 19.1 Å². The zero-order valence-electron chi connectivity index (χ0n) is 14.8. The molecule has 3 rings (SSSR count). The summed E-state index contributed by atoms with van der Waals surface area (Å²) in [4.78, 5) is -0.283. The first-order valence-corrected chi connectivity index (χ1v) is 12.7. The molecule has 2 aromatic rings. The number of piperidine rings is 1. The van der Waals surface area contributed by atoms with E-state index >= 15 is 0 Å². The monoisotopic (exact) mass is 449 g/mol. The molecule has 0 bridgehead atoms. The SMILES string of the molecule is Cn1cnnc1S(=O)(=O)C1CCN(S(=O)(=O)c2ccc(S(N)(=O)=O)cc2)CC1. The van der Waals surface area contributed by atoms with E-state index in [0.29, 0.717) is 0 Å². The van der Waals surface area contributed by atoms with Crippen LogP contribution < -0.4 is 5.14 Å². The Hall–Kier alpha value is -1.87. The van der Waals surface area contributed by atoms with Gasteiger partial charge < -0.3 is 4.57 Å². The van der Waals surface area contributed by atoms with Crippen molar-refractivity contribution in [3.05, 3.63) is 30.6 Å². The molecule has 0 amide bonds. The van der Waals surface area contributed by atoms with Gasteiger partial charge in [-0.15, -0.1) is 10.2 Å². The molecule has 2 heterocycles. The van der Waals surface area contributed by atoms with Crippen LogP contribution in [0.4, 0.5) is 0 Å². The smallest absolute Gasteiger partial charge is 0.249 e. The number of sulfonamides is 2. The van der Waals surface area contributed by atoms with E-state index in [1.165, 1.54) is 22.2 Å². The van der Waals surface area contributed by atoms with Gasteiger partial charge in [-0.1, -0.05) is 0 Å². The standard InChI is InChI=1S/C14H19N5O6S3/c1-18-10-16-17-14(18)26(20,21)11-6-8-19(9-7-11)28(24,25)13-4-2-12(3-5-13)27(15,22)23/h2-5,10-11H,6-9H2,1H3,(H2,15,22,23). The molecular weight excluding hydrogens is 430 g/mol. The van der Waals surface area contributed by atoms with Crippen molar-refractivity contribution in [2.75, 3.05) is 13.1 Å². The molecule has 0 spiro atoms. The summed E-state index contributed by atoms with van der Waals surface area (Å²) in [5.74, 6) is 0. The van der Waals surface area contributed by atoms with E-state index in [4.69, 9.17) is 5.14 Å². The van der Waals surface area contributed by atoms with E-state index in [1.807, 2.05) is 0 Å². The Kier molecular flexibility index (Phi) is 5.35. The molecular formula is C14H19N5O6S3. The third kappa shape index (κ3) is 3.82. The molecule has 0 unspecified atom stereocenters. The third-order valence-corrected chi connectivity index (χ3v) is 9.62. The van der Waals surface area contributed by atoms with Crippen molar-refractivity contribution in [3.8, 4) is 0 Å². The zero-order valence-corrected chi connectivity index (χ0v) is 17.3. The summed E-state index contributed by atoms with van der Waals surface area (Å²) in [7, 11) is -10.0. The number of primary sulfonamides is 1. The van der Waals surface area contributed by atoms with Crippen molar-refractivity contribution in [2.24, 2.45) is 12.2 Å². The highest BCUT2D eigenvalue weighted by molar-refractivity contribution is 7.92. The van der Waals surface area contributed by atoms with Crippen LogP contribution in [0.3, 0.4) is 0 Å².